The van der Waals surface area contributed by atoms with Gasteiger partial charge in [0.15, 0.2) is 0 Å². The highest BCUT2D eigenvalue weighted by Gasteiger charge is 2.09. The molecule has 90 valence electrons. The SMILES string of the molecule is CCc1cccc2cc(-c3ccccc3)n(C)c12. The number of hydrogen-bond acceptors (Lipinski definition) is 0. The Bertz CT molecular complexity index is 677. The number of rotatable bonds is 2. The first-order chi connectivity index (χ1) is 8.81. The summed E-state index contributed by atoms with van der Waals surface area (Å²) in [5.41, 5.74) is 5.33. The van der Waals surface area contributed by atoms with E-state index in [9.17, 15) is 0 Å². The third-order valence-electron chi connectivity index (χ3n) is 3.59. The van der Waals surface area contributed by atoms with Gasteiger partial charge in [0.25, 0.3) is 0 Å². The molecule has 0 aliphatic rings. The lowest BCUT2D eigenvalue weighted by Gasteiger charge is -2.07. The fourth-order valence-corrected chi connectivity index (χ4v) is 2.67. The molecule has 18 heavy (non-hydrogen) atoms. The molecule has 1 aromatic heterocycles. The Morgan fingerprint density at radius 1 is 0.944 bits per heavy atom. The Morgan fingerprint density at radius 2 is 1.72 bits per heavy atom. The van der Waals surface area contributed by atoms with Crippen LogP contribution in [0, 0.1) is 0 Å². The lowest BCUT2D eigenvalue weighted by atomic mass is 10.1. The van der Waals surface area contributed by atoms with Crippen molar-refractivity contribution in [2.45, 2.75) is 13.3 Å². The average molecular weight is 235 g/mol. The van der Waals surface area contributed by atoms with Gasteiger partial charge in [0.05, 0.1) is 5.52 Å². The second kappa shape index (κ2) is 4.34. The van der Waals surface area contributed by atoms with Crippen molar-refractivity contribution in [2.24, 2.45) is 7.05 Å². The number of para-hydroxylation sites is 1. The summed E-state index contributed by atoms with van der Waals surface area (Å²) in [6.45, 7) is 2.21. The van der Waals surface area contributed by atoms with Crippen LogP contribution in [0.2, 0.25) is 0 Å². The van der Waals surface area contributed by atoms with E-state index in [0.29, 0.717) is 0 Å². The number of benzene rings is 2. The summed E-state index contributed by atoms with van der Waals surface area (Å²) in [5, 5.41) is 1.33. The van der Waals surface area contributed by atoms with Gasteiger partial charge >= 0.3 is 0 Å². The molecule has 0 unspecified atom stereocenters. The monoisotopic (exact) mass is 235 g/mol. The quantitative estimate of drug-likeness (QED) is 0.620. The summed E-state index contributed by atoms with van der Waals surface area (Å²) in [6, 6.07) is 19.4. The maximum Gasteiger partial charge on any atom is 0.0515 e. The van der Waals surface area contributed by atoms with Crippen LogP contribution >= 0.6 is 0 Å². The van der Waals surface area contributed by atoms with Gasteiger partial charge in [0.1, 0.15) is 0 Å². The van der Waals surface area contributed by atoms with Crippen molar-refractivity contribution < 1.29 is 0 Å². The van der Waals surface area contributed by atoms with E-state index in [1.807, 2.05) is 0 Å². The summed E-state index contributed by atoms with van der Waals surface area (Å²) < 4.78 is 2.31. The third-order valence-corrected chi connectivity index (χ3v) is 3.59. The first-order valence-corrected chi connectivity index (χ1v) is 6.44. The minimum Gasteiger partial charge on any atom is -0.343 e. The smallest absolute Gasteiger partial charge is 0.0515 e. The maximum atomic E-state index is 2.31. The molecular formula is C17H17N. The topological polar surface area (TPSA) is 4.93 Å². The van der Waals surface area contributed by atoms with Gasteiger partial charge in [-0.3, -0.25) is 0 Å². The molecule has 0 saturated heterocycles. The zero-order chi connectivity index (χ0) is 12.5. The highest BCUT2D eigenvalue weighted by Crippen LogP contribution is 2.29. The van der Waals surface area contributed by atoms with Gasteiger partial charge < -0.3 is 4.57 Å². The Balaban J connectivity index is 2.30. The van der Waals surface area contributed by atoms with E-state index in [4.69, 9.17) is 0 Å². The van der Waals surface area contributed by atoms with Crippen molar-refractivity contribution in [3.05, 3.63) is 60.2 Å². The van der Waals surface area contributed by atoms with Crippen LogP contribution < -0.4 is 0 Å². The molecular weight excluding hydrogens is 218 g/mol. The van der Waals surface area contributed by atoms with Crippen LogP contribution in [0.3, 0.4) is 0 Å². The number of aryl methyl sites for hydroxylation is 2. The van der Waals surface area contributed by atoms with E-state index in [2.05, 4.69) is 73.1 Å². The zero-order valence-electron chi connectivity index (χ0n) is 10.9. The first kappa shape index (κ1) is 11.1. The molecule has 0 atom stereocenters. The van der Waals surface area contributed by atoms with Crippen LogP contribution in [0.5, 0.6) is 0 Å². The molecule has 2 aromatic carbocycles. The second-order valence-electron chi connectivity index (χ2n) is 4.66. The molecule has 0 amide bonds. The standard InChI is InChI=1S/C17H17N/c1-3-13-10-7-11-15-12-16(18(2)17(13)15)14-8-5-4-6-9-14/h4-12H,3H2,1-2H3. The highest BCUT2D eigenvalue weighted by atomic mass is 14.9. The number of hydrogen-bond donors (Lipinski definition) is 0. The van der Waals surface area contributed by atoms with Crippen LogP contribution in [0.25, 0.3) is 22.2 Å². The van der Waals surface area contributed by atoms with E-state index in [1.165, 1.54) is 27.7 Å². The Morgan fingerprint density at radius 3 is 2.44 bits per heavy atom. The van der Waals surface area contributed by atoms with Crippen LogP contribution in [-0.2, 0) is 13.5 Å². The van der Waals surface area contributed by atoms with Gasteiger partial charge in [-0.1, -0.05) is 55.5 Å². The molecule has 1 nitrogen and oxygen atoms in total. The lowest BCUT2D eigenvalue weighted by molar-refractivity contribution is 0.963. The van der Waals surface area contributed by atoms with Gasteiger partial charge in [0.2, 0.25) is 0 Å². The summed E-state index contributed by atoms with van der Waals surface area (Å²) >= 11 is 0. The van der Waals surface area contributed by atoms with Crippen molar-refractivity contribution in [1.82, 2.24) is 4.57 Å². The van der Waals surface area contributed by atoms with Gasteiger partial charge in [0, 0.05) is 18.1 Å². The predicted molar refractivity (Wildman–Crippen MR) is 77.7 cm³/mol. The van der Waals surface area contributed by atoms with Gasteiger partial charge in [-0.05, 0) is 23.6 Å². The van der Waals surface area contributed by atoms with Gasteiger partial charge in [-0.25, -0.2) is 0 Å². The molecule has 1 heteroatoms. The summed E-state index contributed by atoms with van der Waals surface area (Å²) in [7, 11) is 2.16. The molecule has 0 aliphatic heterocycles. The molecule has 0 bridgehead atoms. The highest BCUT2D eigenvalue weighted by molar-refractivity contribution is 5.89. The summed E-state index contributed by atoms with van der Waals surface area (Å²) in [6.07, 6.45) is 1.07. The van der Waals surface area contributed by atoms with Crippen LogP contribution in [0.1, 0.15) is 12.5 Å². The third kappa shape index (κ3) is 1.63. The minimum absolute atomic E-state index is 1.07. The predicted octanol–water partition coefficient (Wildman–Crippen LogP) is 4.41. The molecule has 0 saturated carbocycles. The fourth-order valence-electron chi connectivity index (χ4n) is 2.67. The van der Waals surface area contributed by atoms with Crippen molar-refractivity contribution >= 4 is 10.9 Å². The van der Waals surface area contributed by atoms with Crippen molar-refractivity contribution in [2.75, 3.05) is 0 Å². The minimum atomic E-state index is 1.07. The normalized spacial score (nSPS) is 11.0. The fraction of sp³-hybridized carbons (Fsp3) is 0.176. The van der Waals surface area contributed by atoms with E-state index in [-0.39, 0.29) is 0 Å². The van der Waals surface area contributed by atoms with E-state index >= 15 is 0 Å². The Hall–Kier alpha value is -2.02. The largest absolute Gasteiger partial charge is 0.343 e. The molecule has 1 heterocycles. The van der Waals surface area contributed by atoms with Gasteiger partial charge in [-0.15, -0.1) is 0 Å². The first-order valence-electron chi connectivity index (χ1n) is 6.44. The molecule has 0 N–H and O–H groups in total. The molecule has 0 spiro atoms. The van der Waals surface area contributed by atoms with Crippen molar-refractivity contribution in [3.63, 3.8) is 0 Å². The van der Waals surface area contributed by atoms with E-state index in [1.54, 1.807) is 0 Å². The van der Waals surface area contributed by atoms with Gasteiger partial charge in [-0.2, -0.15) is 0 Å². The number of aromatic nitrogens is 1. The number of nitrogens with zero attached hydrogens (tertiary/aromatic N) is 1. The maximum absolute atomic E-state index is 2.31. The summed E-state index contributed by atoms with van der Waals surface area (Å²) in [5.74, 6) is 0. The van der Waals surface area contributed by atoms with E-state index in [0.717, 1.165) is 6.42 Å². The Kier molecular flexibility index (Phi) is 2.67. The van der Waals surface area contributed by atoms with Crippen LogP contribution in [-0.4, -0.2) is 4.57 Å². The van der Waals surface area contributed by atoms with E-state index < -0.39 is 0 Å². The van der Waals surface area contributed by atoms with Crippen LogP contribution in [0.4, 0.5) is 0 Å². The average Bonchev–Trinajstić information content (AvgIpc) is 2.77. The van der Waals surface area contributed by atoms with Crippen molar-refractivity contribution in [1.29, 1.82) is 0 Å². The zero-order valence-corrected chi connectivity index (χ0v) is 10.9. The van der Waals surface area contributed by atoms with Crippen molar-refractivity contribution in [3.8, 4) is 11.3 Å². The molecule has 0 radical (unpaired) electrons. The Labute approximate surface area is 108 Å². The molecule has 0 fully saturated rings. The molecule has 3 rings (SSSR count). The molecule has 3 aromatic rings. The number of fused-ring (bicyclic) bond motifs is 1. The summed E-state index contributed by atoms with van der Waals surface area (Å²) in [4.78, 5) is 0. The molecule has 0 aliphatic carbocycles. The lowest BCUT2D eigenvalue weighted by Crippen LogP contribution is -1.94. The van der Waals surface area contributed by atoms with Crippen LogP contribution in [0.15, 0.2) is 54.6 Å². The second-order valence-corrected chi connectivity index (χ2v) is 4.66.